The molecule has 0 amide bonds. The topological polar surface area (TPSA) is 87.0 Å². The first kappa shape index (κ1) is 16.4. The van der Waals surface area contributed by atoms with Gasteiger partial charge in [-0.3, -0.25) is 4.79 Å². The fourth-order valence-corrected chi connectivity index (χ4v) is 7.82. The van der Waals surface area contributed by atoms with Gasteiger partial charge in [0.15, 0.2) is 5.78 Å². The first-order valence-electron chi connectivity index (χ1n) is 9.59. The normalized spacial score (nSPS) is 58.8. The summed E-state index contributed by atoms with van der Waals surface area (Å²) in [5, 5.41) is 34.0. The molecule has 138 valence electrons. The van der Waals surface area contributed by atoms with E-state index < -0.39 is 28.8 Å². The molecule has 8 atom stereocenters. The molecule has 0 aromatic rings. The number of hydrogen-bond acceptors (Lipinski definition) is 5. The average Bonchev–Trinajstić information content (AvgIpc) is 2.75. The van der Waals surface area contributed by atoms with Gasteiger partial charge in [0.05, 0.1) is 18.1 Å². The average molecular weight is 348 g/mol. The standard InChI is InChI=1S/C20H28O5/c1-10-11-4-5-12-18-9-25-20(24,19(12,8-11)15(10)22)16(23)14(18)17(2,3)7-6-13(18)21/h11-14,16,21,23-24H,1,4-9H2,2-3H3/t11?,12-,13?,14+,16?,18-,19+,20-/m1/s1. The predicted molar refractivity (Wildman–Crippen MR) is 89.3 cm³/mol. The molecule has 6 aliphatic rings. The molecule has 5 heteroatoms. The van der Waals surface area contributed by atoms with Crippen LogP contribution in [0.25, 0.3) is 0 Å². The minimum absolute atomic E-state index is 0.0616. The lowest BCUT2D eigenvalue weighted by molar-refractivity contribution is -0.448. The Morgan fingerprint density at radius 3 is 2.64 bits per heavy atom. The molecule has 2 heterocycles. The molecule has 2 spiro atoms. The molecule has 3 unspecified atom stereocenters. The minimum atomic E-state index is -1.87. The SMILES string of the molecule is C=C1C(=O)[C@]23CC1CC[C@@H]2[C@@]12CO[C@]3(O)C(O)[C@H]1C(C)(C)CCC2O. The molecule has 25 heavy (non-hydrogen) atoms. The second-order valence-electron chi connectivity index (χ2n) is 9.92. The van der Waals surface area contributed by atoms with Crippen molar-refractivity contribution < 1.29 is 24.9 Å². The van der Waals surface area contributed by atoms with E-state index in [1.807, 2.05) is 0 Å². The lowest BCUT2D eigenvalue weighted by Gasteiger charge is -2.74. The number of allylic oxidation sites excluding steroid dienone is 1. The van der Waals surface area contributed by atoms with Crippen LogP contribution in [-0.2, 0) is 9.53 Å². The smallest absolute Gasteiger partial charge is 0.205 e. The molecule has 5 nitrogen and oxygen atoms in total. The van der Waals surface area contributed by atoms with Gasteiger partial charge < -0.3 is 20.1 Å². The van der Waals surface area contributed by atoms with Crippen molar-refractivity contribution in [3.63, 3.8) is 0 Å². The van der Waals surface area contributed by atoms with Crippen molar-refractivity contribution in [3.05, 3.63) is 12.2 Å². The van der Waals surface area contributed by atoms with E-state index in [9.17, 15) is 20.1 Å². The molecule has 4 bridgehead atoms. The fourth-order valence-electron chi connectivity index (χ4n) is 7.82. The van der Waals surface area contributed by atoms with Gasteiger partial charge in [0, 0.05) is 11.3 Å². The first-order chi connectivity index (χ1) is 11.6. The van der Waals surface area contributed by atoms with Crippen molar-refractivity contribution in [2.24, 2.45) is 34.0 Å². The van der Waals surface area contributed by atoms with Crippen LogP contribution in [0.2, 0.25) is 0 Å². The first-order valence-corrected chi connectivity index (χ1v) is 9.59. The molecular formula is C20H28O5. The number of ketones is 1. The van der Waals surface area contributed by atoms with Gasteiger partial charge >= 0.3 is 0 Å². The fraction of sp³-hybridized carbons (Fsp3) is 0.850. The number of rotatable bonds is 0. The molecule has 4 saturated carbocycles. The van der Waals surface area contributed by atoms with Crippen LogP contribution in [0.1, 0.15) is 46.0 Å². The highest BCUT2D eigenvalue weighted by Crippen LogP contribution is 2.76. The van der Waals surface area contributed by atoms with Crippen LogP contribution in [0.3, 0.4) is 0 Å². The van der Waals surface area contributed by atoms with Crippen LogP contribution >= 0.6 is 0 Å². The Labute approximate surface area is 148 Å². The quantitative estimate of drug-likeness (QED) is 0.576. The van der Waals surface area contributed by atoms with Gasteiger partial charge in [0.25, 0.3) is 0 Å². The van der Waals surface area contributed by atoms with E-state index in [-0.39, 0.29) is 35.6 Å². The van der Waals surface area contributed by atoms with Gasteiger partial charge in [-0.25, -0.2) is 0 Å². The molecule has 0 aromatic carbocycles. The van der Waals surface area contributed by atoms with Crippen LogP contribution < -0.4 is 0 Å². The number of Topliss-reactive ketones (excluding diaryl/α,β-unsaturated/α-hetero) is 1. The van der Waals surface area contributed by atoms with E-state index in [2.05, 4.69) is 20.4 Å². The number of carbonyl (C=O) groups excluding carboxylic acids is 1. The van der Waals surface area contributed by atoms with Crippen molar-refractivity contribution in [2.75, 3.05) is 6.61 Å². The van der Waals surface area contributed by atoms with E-state index in [0.717, 1.165) is 19.3 Å². The maximum Gasteiger partial charge on any atom is 0.205 e. The zero-order valence-corrected chi connectivity index (χ0v) is 15.0. The van der Waals surface area contributed by atoms with E-state index in [0.29, 0.717) is 18.4 Å². The summed E-state index contributed by atoms with van der Waals surface area (Å²) in [6, 6.07) is 0. The molecule has 3 N–H and O–H groups in total. The van der Waals surface area contributed by atoms with Crippen molar-refractivity contribution in [2.45, 2.75) is 63.9 Å². The Morgan fingerprint density at radius 1 is 1.20 bits per heavy atom. The summed E-state index contributed by atoms with van der Waals surface area (Å²) >= 11 is 0. The third kappa shape index (κ3) is 1.44. The summed E-state index contributed by atoms with van der Waals surface area (Å²) in [5.41, 5.74) is -1.48. The zero-order valence-electron chi connectivity index (χ0n) is 15.0. The highest BCUT2D eigenvalue weighted by atomic mass is 16.6. The Balaban J connectivity index is 1.79. The number of aliphatic hydroxyl groups is 3. The minimum Gasteiger partial charge on any atom is -0.392 e. The van der Waals surface area contributed by atoms with Crippen LogP contribution in [0, 0.1) is 34.0 Å². The van der Waals surface area contributed by atoms with Crippen LogP contribution in [0.4, 0.5) is 0 Å². The number of fused-ring (bicyclic) bond motifs is 2. The maximum atomic E-state index is 13.3. The highest BCUT2D eigenvalue weighted by Gasteiger charge is 2.84. The Hall–Kier alpha value is -0.750. The van der Waals surface area contributed by atoms with E-state index >= 15 is 0 Å². The van der Waals surface area contributed by atoms with Crippen molar-refractivity contribution in [3.8, 4) is 0 Å². The molecule has 2 saturated heterocycles. The number of hydrogen-bond donors (Lipinski definition) is 3. The Morgan fingerprint density at radius 2 is 1.92 bits per heavy atom. The lowest BCUT2D eigenvalue weighted by atomic mass is 9.36. The summed E-state index contributed by atoms with van der Waals surface area (Å²) in [7, 11) is 0. The predicted octanol–water partition coefficient (Wildman–Crippen LogP) is 1.40. The van der Waals surface area contributed by atoms with E-state index in [4.69, 9.17) is 4.74 Å². The third-order valence-electron chi connectivity index (χ3n) is 8.81. The van der Waals surface area contributed by atoms with Crippen molar-refractivity contribution in [1.29, 1.82) is 0 Å². The molecule has 4 aliphatic carbocycles. The second-order valence-corrected chi connectivity index (χ2v) is 9.92. The number of ether oxygens (including phenoxy) is 1. The number of carbonyl (C=O) groups is 1. The summed E-state index contributed by atoms with van der Waals surface area (Å²) < 4.78 is 5.89. The van der Waals surface area contributed by atoms with Crippen LogP contribution in [-0.4, -0.2) is 45.7 Å². The van der Waals surface area contributed by atoms with Crippen molar-refractivity contribution >= 4 is 5.78 Å². The Kier molecular flexibility index (Phi) is 2.88. The van der Waals surface area contributed by atoms with Gasteiger partial charge in [-0.2, -0.15) is 0 Å². The summed E-state index contributed by atoms with van der Waals surface area (Å²) in [5.74, 6) is -2.39. The van der Waals surface area contributed by atoms with Crippen LogP contribution in [0.15, 0.2) is 12.2 Å². The van der Waals surface area contributed by atoms with E-state index in [1.165, 1.54) is 0 Å². The van der Waals surface area contributed by atoms with Gasteiger partial charge in [-0.1, -0.05) is 20.4 Å². The second kappa shape index (κ2) is 4.38. The van der Waals surface area contributed by atoms with Gasteiger partial charge in [0.1, 0.15) is 6.10 Å². The van der Waals surface area contributed by atoms with Gasteiger partial charge in [0.2, 0.25) is 5.79 Å². The molecular weight excluding hydrogens is 320 g/mol. The molecule has 6 fully saturated rings. The largest absolute Gasteiger partial charge is 0.392 e. The molecule has 2 aliphatic heterocycles. The third-order valence-corrected chi connectivity index (χ3v) is 8.81. The zero-order chi connectivity index (χ0) is 18.0. The summed E-state index contributed by atoms with van der Waals surface area (Å²) in [6.45, 7) is 8.41. The molecule has 0 aromatic heterocycles. The summed E-state index contributed by atoms with van der Waals surface area (Å²) in [6.07, 6.45) is 1.77. The highest BCUT2D eigenvalue weighted by molar-refractivity contribution is 6.04. The summed E-state index contributed by atoms with van der Waals surface area (Å²) in [4.78, 5) is 13.3. The Bertz CT molecular complexity index is 686. The van der Waals surface area contributed by atoms with E-state index in [1.54, 1.807) is 0 Å². The maximum absolute atomic E-state index is 13.3. The van der Waals surface area contributed by atoms with Crippen LogP contribution in [0.5, 0.6) is 0 Å². The van der Waals surface area contributed by atoms with Gasteiger partial charge in [-0.05, 0) is 54.9 Å². The molecule has 0 radical (unpaired) electrons. The number of aliphatic hydroxyl groups excluding tert-OH is 2. The van der Waals surface area contributed by atoms with Crippen molar-refractivity contribution in [1.82, 2.24) is 0 Å². The lowest BCUT2D eigenvalue weighted by Crippen LogP contribution is -2.83. The monoisotopic (exact) mass is 348 g/mol. The molecule has 6 rings (SSSR count). The van der Waals surface area contributed by atoms with Gasteiger partial charge in [-0.15, -0.1) is 0 Å².